The van der Waals surface area contributed by atoms with E-state index in [0.717, 1.165) is 27.6 Å². The lowest BCUT2D eigenvalue weighted by molar-refractivity contribution is -0.131. The highest BCUT2D eigenvalue weighted by atomic mass is 16.5. The molecule has 3 aromatic carbocycles. The van der Waals surface area contributed by atoms with Crippen molar-refractivity contribution in [1.82, 2.24) is 5.32 Å². The quantitative estimate of drug-likeness (QED) is 0.499. The Labute approximate surface area is 171 Å². The van der Waals surface area contributed by atoms with E-state index in [9.17, 15) is 9.59 Å². The van der Waals surface area contributed by atoms with Crippen LogP contribution in [0.2, 0.25) is 0 Å². The van der Waals surface area contributed by atoms with Gasteiger partial charge in [0.15, 0.2) is 0 Å². The molecule has 1 amide bonds. The summed E-state index contributed by atoms with van der Waals surface area (Å²) in [5.74, 6) is -0.0206. The first kappa shape index (κ1) is 20.4. The molecular weight excluding hydrogens is 364 g/mol. The lowest BCUT2D eigenvalue weighted by Gasteiger charge is -2.24. The Morgan fingerprint density at radius 2 is 1.69 bits per heavy atom. The van der Waals surface area contributed by atoms with E-state index in [4.69, 9.17) is 4.74 Å². The van der Waals surface area contributed by atoms with Crippen molar-refractivity contribution < 1.29 is 14.3 Å². The van der Waals surface area contributed by atoms with Crippen LogP contribution >= 0.6 is 0 Å². The molecule has 5 nitrogen and oxygen atoms in total. The molecule has 0 fully saturated rings. The fourth-order valence-corrected chi connectivity index (χ4v) is 3.37. The van der Waals surface area contributed by atoms with Crippen LogP contribution in [0.25, 0.3) is 10.8 Å². The summed E-state index contributed by atoms with van der Waals surface area (Å²) in [6.07, 6.45) is 0.361. The maximum atomic E-state index is 12.4. The zero-order chi connectivity index (χ0) is 21.0. The van der Waals surface area contributed by atoms with Gasteiger partial charge in [0.05, 0.1) is 6.04 Å². The molecule has 0 saturated heterocycles. The van der Waals surface area contributed by atoms with Crippen LogP contribution in [-0.2, 0) is 9.59 Å². The zero-order valence-corrected chi connectivity index (χ0v) is 17.2. The van der Waals surface area contributed by atoms with Crippen molar-refractivity contribution in [2.75, 3.05) is 19.0 Å². The third-order valence-electron chi connectivity index (χ3n) is 4.84. The molecule has 1 N–H and O–H groups in total. The third kappa shape index (κ3) is 4.57. The van der Waals surface area contributed by atoms with Gasteiger partial charge >= 0.3 is 5.97 Å². The zero-order valence-electron chi connectivity index (χ0n) is 17.2. The first-order valence-electron chi connectivity index (χ1n) is 9.67. The van der Waals surface area contributed by atoms with E-state index in [1.54, 1.807) is 6.07 Å². The van der Waals surface area contributed by atoms with Gasteiger partial charge in [0.1, 0.15) is 5.75 Å². The van der Waals surface area contributed by atoms with Crippen LogP contribution in [0, 0.1) is 0 Å². The largest absolute Gasteiger partial charge is 0.426 e. The van der Waals surface area contributed by atoms with E-state index in [0.29, 0.717) is 12.2 Å². The van der Waals surface area contributed by atoms with E-state index < -0.39 is 12.0 Å². The van der Waals surface area contributed by atoms with Gasteiger partial charge in [0.2, 0.25) is 5.91 Å². The minimum atomic E-state index is -0.445. The molecule has 0 bridgehead atoms. The van der Waals surface area contributed by atoms with Crippen LogP contribution in [0.5, 0.6) is 5.75 Å². The molecule has 0 aliphatic rings. The molecule has 0 heterocycles. The molecule has 1 atom stereocenters. The van der Waals surface area contributed by atoms with E-state index in [1.165, 1.54) is 6.92 Å². The SMILES string of the molecule is CCC(=O)N[C@H](c1ccc(N(C)C)cc1)c1c(OC(C)=O)ccc2ccccc12. The van der Waals surface area contributed by atoms with Crippen molar-refractivity contribution in [3.8, 4) is 5.75 Å². The monoisotopic (exact) mass is 390 g/mol. The van der Waals surface area contributed by atoms with Gasteiger partial charge in [0.25, 0.3) is 0 Å². The molecule has 0 aromatic heterocycles. The molecule has 5 heteroatoms. The number of hydrogen-bond donors (Lipinski definition) is 1. The number of carbonyl (C=O) groups is 2. The standard InChI is InChI=1S/C24H26N2O3/c1-5-22(28)25-24(18-10-13-19(14-11-18)26(3)4)23-20-9-7-6-8-17(20)12-15-21(23)29-16(2)27/h6-15,24H,5H2,1-4H3,(H,25,28)/t24-/m1/s1. The lowest BCUT2D eigenvalue weighted by Crippen LogP contribution is -2.29. The first-order chi connectivity index (χ1) is 13.9. The van der Waals surface area contributed by atoms with Crippen LogP contribution in [0.1, 0.15) is 37.4 Å². The summed E-state index contributed by atoms with van der Waals surface area (Å²) in [6, 6.07) is 19.2. The van der Waals surface area contributed by atoms with Crippen molar-refractivity contribution in [2.45, 2.75) is 26.3 Å². The van der Waals surface area contributed by atoms with Crippen LogP contribution in [0.3, 0.4) is 0 Å². The summed E-state index contributed by atoms with van der Waals surface area (Å²) >= 11 is 0. The van der Waals surface area contributed by atoms with E-state index in [2.05, 4.69) is 5.32 Å². The van der Waals surface area contributed by atoms with Crippen molar-refractivity contribution in [3.05, 3.63) is 71.8 Å². The lowest BCUT2D eigenvalue weighted by atomic mass is 9.92. The second-order valence-corrected chi connectivity index (χ2v) is 7.13. The Kier molecular flexibility index (Phi) is 6.17. The predicted molar refractivity (Wildman–Crippen MR) is 116 cm³/mol. The summed E-state index contributed by atoms with van der Waals surface area (Å²) < 4.78 is 5.53. The molecule has 150 valence electrons. The topological polar surface area (TPSA) is 58.6 Å². The summed E-state index contributed by atoms with van der Waals surface area (Å²) in [7, 11) is 3.96. The average Bonchev–Trinajstić information content (AvgIpc) is 2.71. The first-order valence-corrected chi connectivity index (χ1v) is 9.67. The van der Waals surface area contributed by atoms with Gasteiger partial charge in [-0.1, -0.05) is 49.4 Å². The van der Waals surface area contributed by atoms with Gasteiger partial charge in [-0.05, 0) is 34.5 Å². The third-order valence-corrected chi connectivity index (χ3v) is 4.84. The maximum absolute atomic E-state index is 12.4. The van der Waals surface area contributed by atoms with Crippen LogP contribution < -0.4 is 15.0 Å². The fourth-order valence-electron chi connectivity index (χ4n) is 3.37. The van der Waals surface area contributed by atoms with Crippen molar-refractivity contribution in [1.29, 1.82) is 0 Å². The normalized spacial score (nSPS) is 11.7. The second-order valence-electron chi connectivity index (χ2n) is 7.13. The smallest absolute Gasteiger partial charge is 0.308 e. The number of nitrogens with one attached hydrogen (secondary N) is 1. The Hall–Kier alpha value is -3.34. The van der Waals surface area contributed by atoms with Gasteiger partial charge in [-0.2, -0.15) is 0 Å². The summed E-state index contributed by atoms with van der Waals surface area (Å²) in [5.41, 5.74) is 2.76. The predicted octanol–water partition coefficient (Wildman–Crippen LogP) is 4.45. The van der Waals surface area contributed by atoms with Gasteiger partial charge in [-0.3, -0.25) is 9.59 Å². The van der Waals surface area contributed by atoms with Crippen molar-refractivity contribution in [3.63, 3.8) is 0 Å². The highest BCUT2D eigenvalue weighted by molar-refractivity contribution is 5.90. The molecule has 0 unspecified atom stereocenters. The molecule has 0 aliphatic carbocycles. The number of amides is 1. The molecule has 29 heavy (non-hydrogen) atoms. The summed E-state index contributed by atoms with van der Waals surface area (Å²) in [4.78, 5) is 26.1. The van der Waals surface area contributed by atoms with Gasteiger partial charge in [-0.25, -0.2) is 0 Å². The van der Waals surface area contributed by atoms with Gasteiger partial charge < -0.3 is 15.0 Å². The molecular formula is C24H26N2O3. The number of carbonyl (C=O) groups excluding carboxylic acids is 2. The molecule has 0 saturated carbocycles. The molecule has 3 aromatic rings. The number of anilines is 1. The summed E-state index contributed by atoms with van der Waals surface area (Å²) in [6.45, 7) is 3.20. The number of hydrogen-bond acceptors (Lipinski definition) is 4. The van der Waals surface area contributed by atoms with Crippen LogP contribution in [-0.4, -0.2) is 26.0 Å². The van der Waals surface area contributed by atoms with Crippen LogP contribution in [0.15, 0.2) is 60.7 Å². The van der Waals surface area contributed by atoms with E-state index >= 15 is 0 Å². The molecule has 3 rings (SSSR count). The minimum Gasteiger partial charge on any atom is -0.426 e. The fraction of sp³-hybridized carbons (Fsp3) is 0.250. The molecule has 0 spiro atoms. The van der Waals surface area contributed by atoms with Gasteiger partial charge in [-0.15, -0.1) is 0 Å². The Morgan fingerprint density at radius 1 is 1.00 bits per heavy atom. The van der Waals surface area contributed by atoms with Crippen LogP contribution in [0.4, 0.5) is 5.69 Å². The average molecular weight is 390 g/mol. The number of fused-ring (bicyclic) bond motifs is 1. The summed E-state index contributed by atoms with van der Waals surface area (Å²) in [5, 5.41) is 5.06. The Bertz CT molecular complexity index is 1030. The minimum absolute atomic E-state index is 0.0756. The second kappa shape index (κ2) is 8.78. The maximum Gasteiger partial charge on any atom is 0.308 e. The number of rotatable bonds is 6. The number of ether oxygens (including phenoxy) is 1. The Balaban J connectivity index is 2.22. The molecule has 0 radical (unpaired) electrons. The van der Waals surface area contributed by atoms with Crippen molar-refractivity contribution >= 4 is 28.3 Å². The van der Waals surface area contributed by atoms with E-state index in [1.807, 2.05) is 80.5 Å². The van der Waals surface area contributed by atoms with E-state index in [-0.39, 0.29) is 5.91 Å². The molecule has 0 aliphatic heterocycles. The van der Waals surface area contributed by atoms with Gasteiger partial charge in [0, 0.05) is 38.7 Å². The van der Waals surface area contributed by atoms with Crippen molar-refractivity contribution in [2.24, 2.45) is 0 Å². The highest BCUT2D eigenvalue weighted by Gasteiger charge is 2.23. The number of esters is 1. The Morgan fingerprint density at radius 3 is 2.31 bits per heavy atom. The number of nitrogens with zero attached hydrogens (tertiary/aromatic N) is 1. The number of benzene rings is 3. The highest BCUT2D eigenvalue weighted by Crippen LogP contribution is 2.37.